The molecule has 152 valence electrons. The summed E-state index contributed by atoms with van der Waals surface area (Å²) in [5.74, 6) is 3.30. The van der Waals surface area contributed by atoms with Gasteiger partial charge in [0.05, 0.1) is 18.2 Å². The molecule has 2 bridgehead atoms. The average Bonchev–Trinajstić information content (AvgIpc) is 3.46. The summed E-state index contributed by atoms with van der Waals surface area (Å²) < 4.78 is 16.4. The molecule has 0 saturated carbocycles. The number of carbonyl (C=O) groups excluding carboxylic acids is 1. The Labute approximate surface area is 169 Å². The van der Waals surface area contributed by atoms with Gasteiger partial charge in [-0.2, -0.15) is 0 Å². The first-order valence-electron chi connectivity index (χ1n) is 10.5. The van der Waals surface area contributed by atoms with Gasteiger partial charge in [0, 0.05) is 24.6 Å². The Morgan fingerprint density at radius 3 is 2.76 bits per heavy atom. The first-order valence-corrected chi connectivity index (χ1v) is 10.5. The first-order chi connectivity index (χ1) is 14.2. The van der Waals surface area contributed by atoms with Gasteiger partial charge in [-0.15, -0.1) is 0 Å². The highest BCUT2D eigenvalue weighted by atomic mass is 16.7. The van der Waals surface area contributed by atoms with Gasteiger partial charge in [-0.25, -0.2) is 0 Å². The van der Waals surface area contributed by atoms with Crippen LogP contribution in [0, 0.1) is 12.8 Å². The number of rotatable bonds is 3. The molecule has 0 N–H and O–H groups in total. The fourth-order valence-electron chi connectivity index (χ4n) is 5.89. The summed E-state index contributed by atoms with van der Waals surface area (Å²) in [4.78, 5) is 18.0. The fraction of sp³-hybridized carbons (Fsp3) is 0.545. The summed E-state index contributed by atoms with van der Waals surface area (Å²) in [6.07, 6.45) is 2.64. The second-order valence-electron chi connectivity index (χ2n) is 8.73. The minimum absolute atomic E-state index is 0.146. The molecule has 6 heterocycles. The molecule has 1 aromatic heterocycles. The Bertz CT molecular complexity index is 949. The zero-order valence-electron chi connectivity index (χ0n) is 16.5. The van der Waals surface area contributed by atoms with Gasteiger partial charge in [-0.1, -0.05) is 11.2 Å². The number of aryl methyl sites for hydroxylation is 1. The molecule has 7 heteroatoms. The molecule has 0 unspecified atom stereocenters. The van der Waals surface area contributed by atoms with Crippen molar-refractivity contribution in [1.82, 2.24) is 15.0 Å². The Balaban J connectivity index is 1.32. The van der Waals surface area contributed by atoms with Gasteiger partial charge in [-0.05, 0) is 56.5 Å². The van der Waals surface area contributed by atoms with Crippen molar-refractivity contribution in [3.05, 3.63) is 41.3 Å². The minimum atomic E-state index is 0.146. The van der Waals surface area contributed by atoms with E-state index in [2.05, 4.69) is 27.1 Å². The molecule has 1 amide bonds. The van der Waals surface area contributed by atoms with Crippen molar-refractivity contribution in [2.75, 3.05) is 26.4 Å². The van der Waals surface area contributed by atoms with E-state index in [4.69, 9.17) is 14.0 Å². The van der Waals surface area contributed by atoms with E-state index in [1.54, 1.807) is 0 Å². The van der Waals surface area contributed by atoms with Crippen molar-refractivity contribution < 1.29 is 18.8 Å². The molecule has 7 nitrogen and oxygen atoms in total. The summed E-state index contributed by atoms with van der Waals surface area (Å²) in [6.45, 7) is 5.18. The Hall–Kier alpha value is -2.54. The molecule has 5 aliphatic heterocycles. The third-order valence-corrected chi connectivity index (χ3v) is 7.14. The Morgan fingerprint density at radius 1 is 1.14 bits per heavy atom. The smallest absolute Gasteiger partial charge is 0.231 e. The lowest BCUT2D eigenvalue weighted by molar-refractivity contribution is -0.135. The Kier molecular flexibility index (Phi) is 3.88. The minimum Gasteiger partial charge on any atom is -0.454 e. The number of hydrogen-bond acceptors (Lipinski definition) is 6. The van der Waals surface area contributed by atoms with Crippen LogP contribution in [0.3, 0.4) is 0 Å². The molecule has 29 heavy (non-hydrogen) atoms. The summed E-state index contributed by atoms with van der Waals surface area (Å²) in [6, 6.07) is 8.78. The second kappa shape index (κ2) is 6.49. The quantitative estimate of drug-likeness (QED) is 0.795. The van der Waals surface area contributed by atoms with Gasteiger partial charge in [0.15, 0.2) is 11.5 Å². The molecular weight excluding hydrogens is 370 g/mol. The molecule has 0 radical (unpaired) electrons. The summed E-state index contributed by atoms with van der Waals surface area (Å²) in [5, 5.41) is 3.93. The van der Waals surface area contributed by atoms with Crippen LogP contribution in [0.5, 0.6) is 11.5 Å². The summed E-state index contributed by atoms with van der Waals surface area (Å²) in [5.41, 5.74) is 2.05. The topological polar surface area (TPSA) is 68.0 Å². The molecule has 7 rings (SSSR count). The highest BCUT2D eigenvalue weighted by Gasteiger charge is 2.54. The maximum Gasteiger partial charge on any atom is 0.231 e. The lowest BCUT2D eigenvalue weighted by Gasteiger charge is -2.51. The maximum absolute atomic E-state index is 13.3. The van der Waals surface area contributed by atoms with E-state index in [1.807, 2.05) is 19.1 Å². The number of nitrogens with zero attached hydrogens (tertiary/aromatic N) is 3. The highest BCUT2D eigenvalue weighted by molar-refractivity contribution is 5.79. The van der Waals surface area contributed by atoms with Crippen molar-refractivity contribution in [3.8, 4) is 11.5 Å². The third-order valence-electron chi connectivity index (χ3n) is 7.14. The van der Waals surface area contributed by atoms with E-state index in [1.165, 1.54) is 18.4 Å². The van der Waals surface area contributed by atoms with E-state index in [9.17, 15) is 4.79 Å². The monoisotopic (exact) mass is 395 g/mol. The van der Waals surface area contributed by atoms with Gasteiger partial charge >= 0.3 is 0 Å². The fourth-order valence-corrected chi connectivity index (χ4v) is 5.89. The van der Waals surface area contributed by atoms with Crippen LogP contribution in [0.1, 0.15) is 35.8 Å². The van der Waals surface area contributed by atoms with Gasteiger partial charge in [0.1, 0.15) is 5.76 Å². The zero-order valence-corrected chi connectivity index (χ0v) is 16.5. The number of ether oxygens (including phenoxy) is 2. The van der Waals surface area contributed by atoms with Crippen molar-refractivity contribution in [1.29, 1.82) is 0 Å². The van der Waals surface area contributed by atoms with Crippen LogP contribution >= 0.6 is 0 Å². The van der Waals surface area contributed by atoms with Crippen LogP contribution < -0.4 is 9.47 Å². The Morgan fingerprint density at radius 2 is 1.97 bits per heavy atom. The van der Waals surface area contributed by atoms with Crippen LogP contribution in [-0.4, -0.2) is 59.4 Å². The predicted molar refractivity (Wildman–Crippen MR) is 104 cm³/mol. The first kappa shape index (κ1) is 17.3. The zero-order chi connectivity index (χ0) is 19.5. The van der Waals surface area contributed by atoms with E-state index < -0.39 is 0 Å². The highest BCUT2D eigenvalue weighted by Crippen LogP contribution is 2.48. The number of hydrogen-bond donors (Lipinski definition) is 0. The van der Waals surface area contributed by atoms with Gasteiger partial charge in [0.2, 0.25) is 12.7 Å². The van der Waals surface area contributed by atoms with E-state index in [0.29, 0.717) is 17.7 Å². The number of benzene rings is 1. The largest absolute Gasteiger partial charge is 0.454 e. The van der Waals surface area contributed by atoms with E-state index in [-0.39, 0.29) is 31.1 Å². The third kappa shape index (κ3) is 2.74. The van der Waals surface area contributed by atoms with Crippen LogP contribution in [0.4, 0.5) is 0 Å². The summed E-state index contributed by atoms with van der Waals surface area (Å²) >= 11 is 0. The second-order valence-corrected chi connectivity index (χ2v) is 8.73. The van der Waals surface area contributed by atoms with Crippen LogP contribution in [-0.2, 0) is 11.2 Å². The molecule has 0 aliphatic carbocycles. The molecule has 1 aromatic carbocycles. The lowest BCUT2D eigenvalue weighted by atomic mass is 9.75. The molecule has 3 atom stereocenters. The molecule has 5 aliphatic rings. The number of likely N-dealkylation sites (tertiary alicyclic amines) is 1. The van der Waals surface area contributed by atoms with Crippen molar-refractivity contribution >= 4 is 5.91 Å². The van der Waals surface area contributed by atoms with Crippen molar-refractivity contribution in [3.63, 3.8) is 0 Å². The number of aromatic nitrogens is 1. The van der Waals surface area contributed by atoms with E-state index in [0.717, 1.165) is 36.8 Å². The standard InChI is InChI=1S/C22H25N3O4/c1-13-8-16(29-23-13)10-20(26)25-11-17(15-2-3-18-19(9-15)28-12-27-18)22-21(25)14-4-6-24(22)7-5-14/h2-3,8-9,14,17,21-22H,4-7,10-12H2,1H3/t17-,21+,22+/m1/s1. The van der Waals surface area contributed by atoms with Gasteiger partial charge < -0.3 is 18.9 Å². The molecule has 2 aromatic rings. The maximum atomic E-state index is 13.3. The van der Waals surface area contributed by atoms with Crippen LogP contribution in [0.2, 0.25) is 0 Å². The van der Waals surface area contributed by atoms with Crippen molar-refractivity contribution in [2.45, 2.75) is 44.2 Å². The van der Waals surface area contributed by atoms with Crippen LogP contribution in [0.15, 0.2) is 28.8 Å². The number of amides is 1. The molecular formula is C22H25N3O4. The summed E-state index contributed by atoms with van der Waals surface area (Å²) in [7, 11) is 0. The lowest BCUT2D eigenvalue weighted by Crippen LogP contribution is -2.60. The number of fused-ring (bicyclic) bond motifs is 3. The average molecular weight is 395 g/mol. The number of piperidine rings is 3. The van der Waals surface area contributed by atoms with Gasteiger partial charge in [-0.3, -0.25) is 9.69 Å². The van der Waals surface area contributed by atoms with E-state index >= 15 is 0 Å². The SMILES string of the molecule is Cc1cc(CC(=O)N2C[C@H](c3ccc4c(c3)OCO4)[C@H]3[C@@H]2C2CCN3CC2)on1. The molecule has 4 fully saturated rings. The molecule has 4 saturated heterocycles. The normalized spacial score (nSPS) is 31.9. The number of carbonyl (C=O) groups is 1. The predicted octanol–water partition coefficient (Wildman–Crippen LogP) is 2.34. The van der Waals surface area contributed by atoms with Crippen LogP contribution in [0.25, 0.3) is 0 Å². The van der Waals surface area contributed by atoms with Gasteiger partial charge in [0.25, 0.3) is 0 Å². The molecule has 0 spiro atoms. The van der Waals surface area contributed by atoms with Crippen molar-refractivity contribution in [2.24, 2.45) is 5.92 Å².